The molecule has 2 aliphatic rings. The van der Waals surface area contributed by atoms with Crippen molar-refractivity contribution in [3.05, 3.63) is 71.2 Å². The zero-order valence-corrected chi connectivity index (χ0v) is 17.1. The van der Waals surface area contributed by atoms with Gasteiger partial charge in [-0.1, -0.05) is 42.0 Å². The number of carbonyl (C=O) groups excluding carboxylic acids is 1. The number of fused-ring (bicyclic) bond motifs is 2. The molecule has 31 heavy (non-hydrogen) atoms. The molecule has 7 heteroatoms. The zero-order valence-electron chi connectivity index (χ0n) is 17.1. The molecule has 0 bridgehead atoms. The van der Waals surface area contributed by atoms with Crippen molar-refractivity contribution in [3.63, 3.8) is 0 Å². The summed E-state index contributed by atoms with van der Waals surface area (Å²) in [6, 6.07) is 13.8. The monoisotopic (exact) mass is 419 g/mol. The number of hydrogen-bond acceptors (Lipinski definition) is 5. The summed E-state index contributed by atoms with van der Waals surface area (Å²) >= 11 is 0. The highest BCUT2D eigenvalue weighted by atomic mass is 19.1. The second-order valence-corrected chi connectivity index (χ2v) is 7.95. The van der Waals surface area contributed by atoms with Gasteiger partial charge in [0.1, 0.15) is 18.0 Å². The SMILES string of the molecule is Cc1ccc(-c2nc3c(c(C(=O)NCc4ccc(F)cc4)n2)O[C@H]2CCC[C@H]2O3)cc1. The van der Waals surface area contributed by atoms with Crippen LogP contribution >= 0.6 is 0 Å². The van der Waals surface area contributed by atoms with Crippen LogP contribution in [0.2, 0.25) is 0 Å². The molecule has 5 rings (SSSR count). The smallest absolute Gasteiger partial charge is 0.274 e. The van der Waals surface area contributed by atoms with Crippen molar-refractivity contribution >= 4 is 5.91 Å². The maximum absolute atomic E-state index is 13.1. The predicted octanol–water partition coefficient (Wildman–Crippen LogP) is 4.21. The van der Waals surface area contributed by atoms with E-state index in [0.717, 1.165) is 36.0 Å². The molecule has 0 spiro atoms. The van der Waals surface area contributed by atoms with Crippen LogP contribution in [0.1, 0.15) is 40.9 Å². The standard InChI is InChI=1S/C24H22FN3O3/c1-14-5-9-16(10-6-14)22-27-20(23(29)26-13-15-7-11-17(25)12-8-15)21-24(28-22)31-19-4-2-3-18(19)30-21/h5-12,18-19H,2-4,13H2,1H3,(H,26,29)/t18-,19+/m0/s1. The van der Waals surface area contributed by atoms with E-state index in [1.54, 1.807) is 12.1 Å². The third kappa shape index (κ3) is 3.95. The van der Waals surface area contributed by atoms with E-state index < -0.39 is 5.91 Å². The number of aromatic nitrogens is 2. The molecule has 0 radical (unpaired) electrons. The number of aryl methyl sites for hydroxylation is 1. The van der Waals surface area contributed by atoms with Crippen molar-refractivity contribution in [2.45, 2.75) is 44.9 Å². The van der Waals surface area contributed by atoms with Gasteiger partial charge in [0.25, 0.3) is 11.8 Å². The Bertz CT molecular complexity index is 1120. The number of hydrogen-bond donors (Lipinski definition) is 1. The van der Waals surface area contributed by atoms with Crippen LogP contribution in [-0.2, 0) is 6.54 Å². The molecule has 0 unspecified atom stereocenters. The molecule has 2 heterocycles. The number of benzene rings is 2. The fourth-order valence-corrected chi connectivity index (χ4v) is 3.93. The summed E-state index contributed by atoms with van der Waals surface area (Å²) < 4.78 is 25.4. The van der Waals surface area contributed by atoms with Crippen molar-refractivity contribution < 1.29 is 18.7 Å². The molecule has 3 aromatic rings. The molecule has 1 amide bonds. The summed E-state index contributed by atoms with van der Waals surface area (Å²) in [5, 5.41) is 2.85. The molecule has 0 saturated heterocycles. The molecular weight excluding hydrogens is 397 g/mol. The van der Waals surface area contributed by atoms with Gasteiger partial charge in [0.05, 0.1) is 0 Å². The number of nitrogens with zero attached hydrogens (tertiary/aromatic N) is 2. The van der Waals surface area contributed by atoms with Crippen molar-refractivity contribution in [2.75, 3.05) is 0 Å². The van der Waals surface area contributed by atoms with Crippen molar-refractivity contribution in [3.8, 4) is 23.0 Å². The third-order valence-corrected chi connectivity index (χ3v) is 5.65. The van der Waals surface area contributed by atoms with E-state index >= 15 is 0 Å². The lowest BCUT2D eigenvalue weighted by molar-refractivity contribution is 0.0362. The van der Waals surface area contributed by atoms with Gasteiger partial charge in [-0.25, -0.2) is 9.37 Å². The summed E-state index contributed by atoms with van der Waals surface area (Å²) in [6.07, 6.45) is 2.64. The zero-order chi connectivity index (χ0) is 21.4. The molecule has 6 nitrogen and oxygen atoms in total. The molecule has 1 N–H and O–H groups in total. The molecule has 1 saturated carbocycles. The number of amides is 1. The van der Waals surface area contributed by atoms with Crippen LogP contribution in [-0.4, -0.2) is 28.1 Å². The summed E-state index contributed by atoms with van der Waals surface area (Å²) in [5.74, 6) is 0.290. The Morgan fingerprint density at radius 1 is 1.03 bits per heavy atom. The quantitative estimate of drug-likeness (QED) is 0.686. The molecule has 1 aromatic heterocycles. The maximum Gasteiger partial charge on any atom is 0.274 e. The predicted molar refractivity (Wildman–Crippen MR) is 112 cm³/mol. The molecule has 1 fully saturated rings. The first-order valence-corrected chi connectivity index (χ1v) is 10.4. The molecule has 158 valence electrons. The average molecular weight is 419 g/mol. The van der Waals surface area contributed by atoms with Gasteiger partial charge in [-0.15, -0.1) is 0 Å². The number of rotatable bonds is 4. The van der Waals surface area contributed by atoms with Gasteiger partial charge in [-0.2, -0.15) is 4.98 Å². The highest BCUT2D eigenvalue weighted by Gasteiger charge is 2.39. The number of nitrogens with one attached hydrogen (secondary N) is 1. The van der Waals surface area contributed by atoms with E-state index in [9.17, 15) is 9.18 Å². The first kappa shape index (κ1) is 19.5. The van der Waals surface area contributed by atoms with Crippen LogP contribution in [0, 0.1) is 12.7 Å². The number of ether oxygens (including phenoxy) is 2. The van der Waals surface area contributed by atoms with Crippen LogP contribution in [0.5, 0.6) is 11.6 Å². The maximum atomic E-state index is 13.1. The fourth-order valence-electron chi connectivity index (χ4n) is 3.93. The summed E-state index contributed by atoms with van der Waals surface area (Å²) in [4.78, 5) is 22.2. The van der Waals surface area contributed by atoms with Gasteiger partial charge in [0, 0.05) is 12.1 Å². The fraction of sp³-hybridized carbons (Fsp3) is 0.292. The Hall–Kier alpha value is -3.48. The van der Waals surface area contributed by atoms with Crippen LogP contribution in [0.25, 0.3) is 11.4 Å². The van der Waals surface area contributed by atoms with Crippen LogP contribution in [0.4, 0.5) is 4.39 Å². The lowest BCUT2D eigenvalue weighted by Gasteiger charge is -2.29. The number of carbonyl (C=O) groups is 1. The first-order chi connectivity index (χ1) is 15.1. The minimum Gasteiger partial charge on any atom is -0.479 e. The Morgan fingerprint density at radius 2 is 1.74 bits per heavy atom. The van der Waals surface area contributed by atoms with Crippen LogP contribution in [0.15, 0.2) is 48.5 Å². The first-order valence-electron chi connectivity index (χ1n) is 10.4. The van der Waals surface area contributed by atoms with Gasteiger partial charge in [-0.05, 0) is 43.9 Å². The van der Waals surface area contributed by atoms with E-state index in [1.165, 1.54) is 12.1 Å². The summed E-state index contributed by atoms with van der Waals surface area (Å²) in [6.45, 7) is 2.24. The van der Waals surface area contributed by atoms with Crippen LogP contribution < -0.4 is 14.8 Å². The molecular formula is C24H22FN3O3. The van der Waals surface area contributed by atoms with Crippen molar-refractivity contribution in [2.24, 2.45) is 0 Å². The summed E-state index contributed by atoms with van der Waals surface area (Å²) in [5.41, 5.74) is 2.84. The van der Waals surface area contributed by atoms with E-state index in [4.69, 9.17) is 9.47 Å². The van der Waals surface area contributed by atoms with E-state index in [0.29, 0.717) is 11.7 Å². The highest BCUT2D eigenvalue weighted by Crippen LogP contribution is 2.41. The van der Waals surface area contributed by atoms with Gasteiger partial charge >= 0.3 is 0 Å². The van der Waals surface area contributed by atoms with E-state index in [-0.39, 0.29) is 36.0 Å². The van der Waals surface area contributed by atoms with Gasteiger partial charge in [-0.3, -0.25) is 4.79 Å². The van der Waals surface area contributed by atoms with E-state index in [2.05, 4.69) is 15.3 Å². The molecule has 1 aliphatic heterocycles. The Labute approximate surface area is 179 Å². The topological polar surface area (TPSA) is 73.3 Å². The second kappa shape index (κ2) is 7.98. The van der Waals surface area contributed by atoms with Crippen molar-refractivity contribution in [1.29, 1.82) is 0 Å². The minimum absolute atomic E-state index is 0.0524. The van der Waals surface area contributed by atoms with Gasteiger partial charge < -0.3 is 14.8 Å². The number of halogens is 1. The lowest BCUT2D eigenvalue weighted by atomic mass is 10.1. The minimum atomic E-state index is -0.392. The lowest BCUT2D eigenvalue weighted by Crippen LogP contribution is -2.37. The van der Waals surface area contributed by atoms with Crippen molar-refractivity contribution in [1.82, 2.24) is 15.3 Å². The normalized spacial score (nSPS) is 19.0. The third-order valence-electron chi connectivity index (χ3n) is 5.65. The molecule has 2 aromatic carbocycles. The Morgan fingerprint density at radius 3 is 2.48 bits per heavy atom. The highest BCUT2D eigenvalue weighted by molar-refractivity contribution is 5.96. The molecule has 2 atom stereocenters. The van der Waals surface area contributed by atoms with Crippen LogP contribution in [0.3, 0.4) is 0 Å². The second-order valence-electron chi connectivity index (χ2n) is 7.95. The van der Waals surface area contributed by atoms with E-state index in [1.807, 2.05) is 31.2 Å². The molecule has 1 aliphatic carbocycles. The largest absolute Gasteiger partial charge is 0.479 e. The van der Waals surface area contributed by atoms with Gasteiger partial charge in [0.15, 0.2) is 11.5 Å². The Kier molecular flexibility index (Phi) is 5.02. The Balaban J connectivity index is 1.48. The summed E-state index contributed by atoms with van der Waals surface area (Å²) in [7, 11) is 0. The van der Waals surface area contributed by atoms with Gasteiger partial charge in [0.2, 0.25) is 5.75 Å². The average Bonchev–Trinajstić information content (AvgIpc) is 3.24.